The summed E-state index contributed by atoms with van der Waals surface area (Å²) in [6, 6.07) is 7.89. The fourth-order valence-electron chi connectivity index (χ4n) is 1.87. The second-order valence-corrected chi connectivity index (χ2v) is 3.88. The molecular weight excluding hydrogens is 228 g/mol. The average molecular weight is 238 g/mol. The summed E-state index contributed by atoms with van der Waals surface area (Å²) in [5.41, 5.74) is 2.10. The summed E-state index contributed by atoms with van der Waals surface area (Å²) in [6.45, 7) is 0. The molecule has 0 spiro atoms. The normalized spacial score (nSPS) is 10.4. The van der Waals surface area contributed by atoms with Crippen molar-refractivity contribution in [2.45, 2.75) is 0 Å². The van der Waals surface area contributed by atoms with E-state index in [1.807, 2.05) is 30.5 Å². The molecular formula is C13H10N4O. The quantitative estimate of drug-likeness (QED) is 0.687. The number of nitrogens with one attached hydrogen (secondary N) is 2. The van der Waals surface area contributed by atoms with Crippen molar-refractivity contribution in [1.82, 2.24) is 15.2 Å². The number of rotatable bonds is 3. The van der Waals surface area contributed by atoms with Crippen molar-refractivity contribution < 1.29 is 4.79 Å². The Labute approximate surface area is 103 Å². The van der Waals surface area contributed by atoms with Gasteiger partial charge < -0.3 is 5.32 Å². The zero-order chi connectivity index (χ0) is 12.4. The Morgan fingerprint density at radius 3 is 2.83 bits per heavy atom. The van der Waals surface area contributed by atoms with Crippen molar-refractivity contribution in [2.75, 3.05) is 5.32 Å². The highest BCUT2D eigenvalue weighted by atomic mass is 16.1. The lowest BCUT2D eigenvalue weighted by Crippen LogP contribution is -1.95. The van der Waals surface area contributed by atoms with E-state index >= 15 is 0 Å². The van der Waals surface area contributed by atoms with Crippen molar-refractivity contribution in [2.24, 2.45) is 0 Å². The highest BCUT2D eigenvalue weighted by molar-refractivity contribution is 5.89. The Bertz CT molecular complexity index is 691. The number of H-pyrrole nitrogens is 1. The monoisotopic (exact) mass is 238 g/mol. The number of carbonyl (C=O) groups is 1. The number of aromatic amines is 1. The maximum atomic E-state index is 10.4. The number of hydrogen-bond donors (Lipinski definition) is 2. The fourth-order valence-corrected chi connectivity index (χ4v) is 1.87. The van der Waals surface area contributed by atoms with Gasteiger partial charge in [0.2, 0.25) is 6.41 Å². The van der Waals surface area contributed by atoms with E-state index in [0.717, 1.165) is 21.9 Å². The number of anilines is 1. The molecule has 2 aromatic heterocycles. The molecule has 5 nitrogen and oxygen atoms in total. The van der Waals surface area contributed by atoms with E-state index in [1.54, 1.807) is 12.4 Å². The highest BCUT2D eigenvalue weighted by Crippen LogP contribution is 2.24. The summed E-state index contributed by atoms with van der Waals surface area (Å²) in [5.74, 6) is 0.543. The lowest BCUT2D eigenvalue weighted by Gasteiger charge is -2.03. The van der Waals surface area contributed by atoms with E-state index < -0.39 is 0 Å². The van der Waals surface area contributed by atoms with Crippen molar-refractivity contribution in [1.29, 1.82) is 0 Å². The number of carbonyl (C=O) groups excluding carboxylic acids is 1. The molecule has 1 amide bonds. The minimum absolute atomic E-state index is 0.543. The fraction of sp³-hybridized carbons (Fsp3) is 0. The lowest BCUT2D eigenvalue weighted by molar-refractivity contribution is -0.105. The minimum Gasteiger partial charge on any atom is -0.313 e. The van der Waals surface area contributed by atoms with Gasteiger partial charge >= 0.3 is 0 Å². The van der Waals surface area contributed by atoms with Gasteiger partial charge in [0.1, 0.15) is 5.82 Å². The molecule has 88 valence electrons. The zero-order valence-corrected chi connectivity index (χ0v) is 9.42. The van der Waals surface area contributed by atoms with Crippen LogP contribution in [0.2, 0.25) is 0 Å². The predicted molar refractivity (Wildman–Crippen MR) is 69.0 cm³/mol. The minimum atomic E-state index is 0.543. The molecule has 1 aromatic carbocycles. The molecule has 3 aromatic rings. The number of hydrogen-bond acceptors (Lipinski definition) is 3. The van der Waals surface area contributed by atoms with Crippen molar-refractivity contribution >= 4 is 23.0 Å². The number of benzene rings is 1. The SMILES string of the molecule is O=CNc1cc2cc(-c3cn[nH]c3)ccc2cn1. The molecule has 2 heterocycles. The number of fused-ring (bicyclic) bond motifs is 1. The molecule has 0 fully saturated rings. The van der Waals surface area contributed by atoms with Crippen LogP contribution < -0.4 is 5.32 Å². The Hall–Kier alpha value is -2.69. The first kappa shape index (κ1) is 10.5. The maximum absolute atomic E-state index is 10.4. The second kappa shape index (κ2) is 4.29. The van der Waals surface area contributed by atoms with E-state index in [4.69, 9.17) is 0 Å². The van der Waals surface area contributed by atoms with Gasteiger partial charge in [-0.05, 0) is 23.1 Å². The van der Waals surface area contributed by atoms with Gasteiger partial charge in [-0.15, -0.1) is 0 Å². The third-order valence-electron chi connectivity index (χ3n) is 2.76. The Kier molecular flexibility index (Phi) is 2.49. The first-order valence-electron chi connectivity index (χ1n) is 5.46. The van der Waals surface area contributed by atoms with Crippen LogP contribution in [0.4, 0.5) is 5.82 Å². The first-order chi connectivity index (χ1) is 8.86. The maximum Gasteiger partial charge on any atom is 0.212 e. The van der Waals surface area contributed by atoms with Gasteiger partial charge in [0.15, 0.2) is 0 Å². The van der Waals surface area contributed by atoms with E-state index in [2.05, 4.69) is 20.5 Å². The molecule has 0 atom stereocenters. The smallest absolute Gasteiger partial charge is 0.212 e. The van der Waals surface area contributed by atoms with E-state index in [1.165, 1.54) is 0 Å². The van der Waals surface area contributed by atoms with E-state index in [9.17, 15) is 4.79 Å². The van der Waals surface area contributed by atoms with Gasteiger partial charge in [-0.1, -0.05) is 12.1 Å². The Morgan fingerprint density at radius 1 is 1.11 bits per heavy atom. The average Bonchev–Trinajstić information content (AvgIpc) is 2.92. The van der Waals surface area contributed by atoms with Crippen LogP contribution in [-0.2, 0) is 4.79 Å². The summed E-state index contributed by atoms with van der Waals surface area (Å²) >= 11 is 0. The second-order valence-electron chi connectivity index (χ2n) is 3.88. The number of aromatic nitrogens is 3. The molecule has 0 bridgehead atoms. The third kappa shape index (κ3) is 1.82. The number of amides is 1. The van der Waals surface area contributed by atoms with E-state index in [0.29, 0.717) is 12.2 Å². The van der Waals surface area contributed by atoms with Crippen LogP contribution in [0.25, 0.3) is 21.9 Å². The molecule has 0 aliphatic rings. The molecule has 0 unspecified atom stereocenters. The van der Waals surface area contributed by atoms with E-state index in [-0.39, 0.29) is 0 Å². The molecule has 0 aliphatic carbocycles. The van der Waals surface area contributed by atoms with Crippen LogP contribution >= 0.6 is 0 Å². The first-order valence-corrected chi connectivity index (χ1v) is 5.46. The summed E-state index contributed by atoms with van der Waals surface area (Å²) in [4.78, 5) is 14.5. The summed E-state index contributed by atoms with van der Waals surface area (Å²) in [5, 5.41) is 11.3. The van der Waals surface area contributed by atoms with Crippen LogP contribution in [-0.4, -0.2) is 21.6 Å². The summed E-state index contributed by atoms with van der Waals surface area (Å²) < 4.78 is 0. The van der Waals surface area contributed by atoms with Gasteiger partial charge in [-0.3, -0.25) is 9.89 Å². The van der Waals surface area contributed by atoms with Gasteiger partial charge in [0, 0.05) is 23.3 Å². The highest BCUT2D eigenvalue weighted by Gasteiger charge is 2.02. The molecule has 0 saturated carbocycles. The van der Waals surface area contributed by atoms with Gasteiger partial charge in [0.25, 0.3) is 0 Å². The molecule has 0 radical (unpaired) electrons. The lowest BCUT2D eigenvalue weighted by atomic mass is 10.1. The molecule has 5 heteroatoms. The standard InChI is InChI=1S/C13H10N4O/c18-8-15-13-4-11-3-9(12-6-16-17-7-12)1-2-10(11)5-14-13/h1-8H,(H,16,17)(H,14,15,18). The largest absolute Gasteiger partial charge is 0.313 e. The molecule has 0 saturated heterocycles. The third-order valence-corrected chi connectivity index (χ3v) is 2.76. The van der Waals surface area contributed by atoms with Crippen molar-refractivity contribution in [3.63, 3.8) is 0 Å². The topological polar surface area (TPSA) is 70.7 Å². The van der Waals surface area contributed by atoms with Gasteiger partial charge in [-0.25, -0.2) is 4.98 Å². The van der Waals surface area contributed by atoms with Crippen LogP contribution in [0.5, 0.6) is 0 Å². The van der Waals surface area contributed by atoms with Crippen LogP contribution in [0.1, 0.15) is 0 Å². The molecule has 3 rings (SSSR count). The van der Waals surface area contributed by atoms with Crippen molar-refractivity contribution in [3.8, 4) is 11.1 Å². The number of nitrogens with zero attached hydrogens (tertiary/aromatic N) is 2. The van der Waals surface area contributed by atoms with Crippen LogP contribution in [0.3, 0.4) is 0 Å². The Balaban J connectivity index is 2.12. The molecule has 18 heavy (non-hydrogen) atoms. The van der Waals surface area contributed by atoms with Crippen LogP contribution in [0, 0.1) is 0 Å². The van der Waals surface area contributed by atoms with Crippen LogP contribution in [0.15, 0.2) is 42.9 Å². The summed E-state index contributed by atoms with van der Waals surface area (Å²) in [6.07, 6.45) is 5.97. The zero-order valence-electron chi connectivity index (χ0n) is 9.42. The number of pyridine rings is 1. The van der Waals surface area contributed by atoms with Gasteiger partial charge in [0.05, 0.1) is 6.20 Å². The molecule has 0 aliphatic heterocycles. The summed E-state index contributed by atoms with van der Waals surface area (Å²) in [7, 11) is 0. The predicted octanol–water partition coefficient (Wildman–Crippen LogP) is 2.19. The van der Waals surface area contributed by atoms with Crippen molar-refractivity contribution in [3.05, 3.63) is 42.9 Å². The Morgan fingerprint density at radius 2 is 2.06 bits per heavy atom. The van der Waals surface area contributed by atoms with Gasteiger partial charge in [-0.2, -0.15) is 5.10 Å². The molecule has 2 N–H and O–H groups in total.